The van der Waals surface area contributed by atoms with Crippen LogP contribution < -0.4 is 4.72 Å². The lowest BCUT2D eigenvalue weighted by atomic mass is 9.93. The Labute approximate surface area is 86.8 Å². The summed E-state index contributed by atoms with van der Waals surface area (Å²) in [5, 5.41) is 9.80. The van der Waals surface area contributed by atoms with Crippen LogP contribution in [0.5, 0.6) is 0 Å². The summed E-state index contributed by atoms with van der Waals surface area (Å²) in [6.07, 6.45) is 0.582. The van der Waals surface area contributed by atoms with Crippen molar-refractivity contribution in [3.05, 3.63) is 0 Å². The second-order valence-electron chi connectivity index (χ2n) is 4.15. The highest BCUT2D eigenvalue weighted by molar-refractivity contribution is 7.89. The first-order valence-electron chi connectivity index (χ1n) is 4.91. The number of hydrogen-bond donors (Lipinski definition) is 2. The van der Waals surface area contributed by atoms with Crippen LogP contribution in [0.15, 0.2) is 0 Å². The topological polar surface area (TPSA) is 66.4 Å². The zero-order valence-corrected chi connectivity index (χ0v) is 10.2. The van der Waals surface area contributed by atoms with Gasteiger partial charge in [0, 0.05) is 6.54 Å². The fourth-order valence-corrected chi connectivity index (χ4v) is 2.00. The Balaban J connectivity index is 4.19. The molecule has 1 atom stereocenters. The van der Waals surface area contributed by atoms with Crippen molar-refractivity contribution >= 4 is 10.0 Å². The molecule has 0 saturated heterocycles. The van der Waals surface area contributed by atoms with Gasteiger partial charge in [-0.15, -0.1) is 0 Å². The lowest BCUT2D eigenvalue weighted by Gasteiger charge is -2.27. The number of aliphatic hydroxyl groups is 1. The van der Waals surface area contributed by atoms with E-state index in [9.17, 15) is 13.5 Å². The molecule has 1 unspecified atom stereocenters. The number of hydrogen-bond acceptors (Lipinski definition) is 3. The molecule has 0 bridgehead atoms. The second-order valence-corrected chi connectivity index (χ2v) is 6.08. The Morgan fingerprint density at radius 2 is 1.93 bits per heavy atom. The van der Waals surface area contributed by atoms with Gasteiger partial charge in [0.2, 0.25) is 10.0 Å². The van der Waals surface area contributed by atoms with Crippen LogP contribution in [0, 0.1) is 5.92 Å². The van der Waals surface area contributed by atoms with Crippen molar-refractivity contribution in [1.29, 1.82) is 0 Å². The monoisotopic (exact) mass is 223 g/mol. The molecule has 0 fully saturated rings. The normalized spacial score (nSPS) is 17.0. The maximum absolute atomic E-state index is 11.3. The van der Waals surface area contributed by atoms with E-state index in [-0.39, 0.29) is 18.2 Å². The minimum atomic E-state index is -3.21. The molecule has 5 heteroatoms. The van der Waals surface area contributed by atoms with E-state index in [1.165, 1.54) is 0 Å². The third kappa shape index (κ3) is 4.93. The van der Waals surface area contributed by atoms with Crippen LogP contribution in [0.1, 0.15) is 34.1 Å². The van der Waals surface area contributed by atoms with Crippen LogP contribution in [0.2, 0.25) is 0 Å². The van der Waals surface area contributed by atoms with Crippen LogP contribution >= 0.6 is 0 Å². The van der Waals surface area contributed by atoms with E-state index in [1.807, 2.05) is 13.8 Å². The standard InChI is InChI=1S/C9H21NO3S/c1-5-6-14(12,13)10-7-9(4,11)8(2)3/h8,10-11H,5-7H2,1-4H3. The largest absolute Gasteiger partial charge is 0.389 e. The van der Waals surface area contributed by atoms with Crippen molar-refractivity contribution < 1.29 is 13.5 Å². The third-order valence-corrected chi connectivity index (χ3v) is 3.90. The highest BCUT2D eigenvalue weighted by Gasteiger charge is 2.26. The predicted molar refractivity (Wildman–Crippen MR) is 57.5 cm³/mol. The molecule has 14 heavy (non-hydrogen) atoms. The summed E-state index contributed by atoms with van der Waals surface area (Å²) >= 11 is 0. The summed E-state index contributed by atoms with van der Waals surface area (Å²) in [5.74, 6) is 0.132. The third-order valence-electron chi connectivity index (χ3n) is 2.37. The van der Waals surface area contributed by atoms with Gasteiger partial charge in [-0.05, 0) is 19.3 Å². The van der Waals surface area contributed by atoms with Crippen LogP contribution in [0.3, 0.4) is 0 Å². The van der Waals surface area contributed by atoms with Gasteiger partial charge in [0.15, 0.2) is 0 Å². The first-order valence-corrected chi connectivity index (χ1v) is 6.56. The molecule has 0 saturated carbocycles. The van der Waals surface area contributed by atoms with Gasteiger partial charge in [0.25, 0.3) is 0 Å². The molecule has 0 rings (SSSR count). The van der Waals surface area contributed by atoms with E-state index in [0.29, 0.717) is 6.42 Å². The van der Waals surface area contributed by atoms with E-state index in [1.54, 1.807) is 13.8 Å². The van der Waals surface area contributed by atoms with E-state index >= 15 is 0 Å². The smallest absolute Gasteiger partial charge is 0.211 e. The molecule has 0 aliphatic heterocycles. The highest BCUT2D eigenvalue weighted by atomic mass is 32.2. The van der Waals surface area contributed by atoms with E-state index in [4.69, 9.17) is 0 Å². The molecule has 0 aliphatic rings. The van der Waals surface area contributed by atoms with Gasteiger partial charge in [-0.3, -0.25) is 0 Å². The summed E-state index contributed by atoms with van der Waals surface area (Å²) in [4.78, 5) is 0. The van der Waals surface area contributed by atoms with Gasteiger partial charge in [-0.2, -0.15) is 0 Å². The van der Waals surface area contributed by atoms with Crippen molar-refractivity contribution in [3.63, 3.8) is 0 Å². The van der Waals surface area contributed by atoms with E-state index < -0.39 is 15.6 Å². The second kappa shape index (κ2) is 5.09. The van der Waals surface area contributed by atoms with E-state index in [0.717, 1.165) is 0 Å². The Morgan fingerprint density at radius 1 is 1.43 bits per heavy atom. The SMILES string of the molecule is CCCS(=O)(=O)NCC(C)(O)C(C)C. The minimum Gasteiger partial charge on any atom is -0.389 e. The Hall–Kier alpha value is -0.130. The summed E-state index contributed by atoms with van der Waals surface area (Å²) < 4.78 is 25.0. The summed E-state index contributed by atoms with van der Waals surface area (Å²) in [7, 11) is -3.21. The Kier molecular flexibility index (Phi) is 5.05. The lowest BCUT2D eigenvalue weighted by molar-refractivity contribution is 0.0190. The molecule has 0 spiro atoms. The molecule has 2 N–H and O–H groups in total. The average molecular weight is 223 g/mol. The summed E-state index contributed by atoms with van der Waals surface area (Å²) in [6.45, 7) is 7.22. The fraction of sp³-hybridized carbons (Fsp3) is 1.00. The van der Waals surface area contributed by atoms with Gasteiger partial charge in [0.05, 0.1) is 11.4 Å². The molecule has 0 radical (unpaired) electrons. The number of rotatable bonds is 6. The summed E-state index contributed by atoms with van der Waals surface area (Å²) in [5.41, 5.74) is -0.985. The number of nitrogens with one attached hydrogen (secondary N) is 1. The predicted octanol–water partition coefficient (Wildman–Crippen LogP) is 0.723. The molecular weight excluding hydrogens is 202 g/mol. The maximum Gasteiger partial charge on any atom is 0.211 e. The molecule has 0 aromatic heterocycles. The van der Waals surface area contributed by atoms with Crippen molar-refractivity contribution in [2.75, 3.05) is 12.3 Å². The Bertz CT molecular complexity index is 257. The molecule has 0 heterocycles. The molecule has 0 aliphatic carbocycles. The molecule has 4 nitrogen and oxygen atoms in total. The first-order chi connectivity index (χ1) is 6.21. The minimum absolute atomic E-state index is 0.0202. The lowest BCUT2D eigenvalue weighted by Crippen LogP contribution is -2.44. The van der Waals surface area contributed by atoms with Crippen LogP contribution in [-0.2, 0) is 10.0 Å². The van der Waals surface area contributed by atoms with Crippen LogP contribution in [-0.4, -0.2) is 31.4 Å². The van der Waals surface area contributed by atoms with Gasteiger partial charge >= 0.3 is 0 Å². The molecule has 0 aromatic rings. The van der Waals surface area contributed by atoms with Gasteiger partial charge in [-0.1, -0.05) is 20.8 Å². The zero-order chi connectivity index (χ0) is 11.4. The van der Waals surface area contributed by atoms with Crippen molar-refractivity contribution in [2.45, 2.75) is 39.7 Å². The van der Waals surface area contributed by atoms with Crippen LogP contribution in [0.25, 0.3) is 0 Å². The molecule has 0 amide bonds. The summed E-state index contributed by atoms with van der Waals surface area (Å²) in [6, 6.07) is 0. The van der Waals surface area contributed by atoms with Gasteiger partial charge in [0.1, 0.15) is 0 Å². The Morgan fingerprint density at radius 3 is 2.29 bits per heavy atom. The molecule has 86 valence electrons. The van der Waals surface area contributed by atoms with E-state index in [2.05, 4.69) is 4.72 Å². The average Bonchev–Trinajstić information content (AvgIpc) is 2.01. The fourth-order valence-electron chi connectivity index (χ4n) is 0.801. The molecular formula is C9H21NO3S. The first kappa shape index (κ1) is 13.9. The van der Waals surface area contributed by atoms with Crippen LogP contribution in [0.4, 0.5) is 0 Å². The highest BCUT2D eigenvalue weighted by Crippen LogP contribution is 2.14. The quantitative estimate of drug-likeness (QED) is 0.697. The zero-order valence-electron chi connectivity index (χ0n) is 9.37. The number of sulfonamides is 1. The van der Waals surface area contributed by atoms with Gasteiger partial charge in [-0.25, -0.2) is 13.1 Å². The van der Waals surface area contributed by atoms with Crippen molar-refractivity contribution in [1.82, 2.24) is 4.72 Å². The molecule has 0 aromatic carbocycles. The maximum atomic E-state index is 11.3. The van der Waals surface area contributed by atoms with Crippen molar-refractivity contribution in [2.24, 2.45) is 5.92 Å². The van der Waals surface area contributed by atoms with Gasteiger partial charge < -0.3 is 5.11 Å². The van der Waals surface area contributed by atoms with Crippen molar-refractivity contribution in [3.8, 4) is 0 Å².